The van der Waals surface area contributed by atoms with Crippen molar-refractivity contribution in [2.45, 2.75) is 25.0 Å². The molecular formula is C16H18ClN3O2. The Morgan fingerprint density at radius 2 is 2.23 bits per heavy atom. The minimum absolute atomic E-state index is 0.0968. The van der Waals surface area contributed by atoms with Crippen LogP contribution in [0, 0.1) is 0 Å². The van der Waals surface area contributed by atoms with Crippen LogP contribution in [0.2, 0.25) is 5.02 Å². The molecule has 2 atom stereocenters. The molecule has 1 fully saturated rings. The Morgan fingerprint density at radius 3 is 2.82 bits per heavy atom. The lowest BCUT2D eigenvalue weighted by molar-refractivity contribution is -0.130. The summed E-state index contributed by atoms with van der Waals surface area (Å²) >= 11 is 5.95. The van der Waals surface area contributed by atoms with Gasteiger partial charge in [-0.2, -0.15) is 0 Å². The summed E-state index contributed by atoms with van der Waals surface area (Å²) in [6.45, 7) is 0.645. The molecule has 1 aliphatic heterocycles. The van der Waals surface area contributed by atoms with E-state index in [0.29, 0.717) is 11.6 Å². The van der Waals surface area contributed by atoms with Crippen LogP contribution >= 0.6 is 11.6 Å². The van der Waals surface area contributed by atoms with Gasteiger partial charge in [-0.05, 0) is 30.5 Å². The number of aromatic nitrogens is 2. The molecule has 0 bridgehead atoms. The third-order valence-electron chi connectivity index (χ3n) is 3.83. The molecule has 1 saturated heterocycles. The molecule has 22 heavy (non-hydrogen) atoms. The van der Waals surface area contributed by atoms with Crippen LogP contribution in [0.4, 0.5) is 0 Å². The van der Waals surface area contributed by atoms with Gasteiger partial charge in [-0.1, -0.05) is 23.7 Å². The number of nitrogens with one attached hydrogen (secondary N) is 1. The summed E-state index contributed by atoms with van der Waals surface area (Å²) in [6.07, 6.45) is 4.90. The molecule has 1 amide bonds. The lowest BCUT2D eigenvalue weighted by Crippen LogP contribution is -2.38. The Balaban J connectivity index is 1.87. The number of halogens is 1. The number of amides is 1. The number of rotatable bonds is 4. The normalized spacial score (nSPS) is 19.1. The fourth-order valence-electron chi connectivity index (χ4n) is 2.63. The number of aryl methyl sites for hydroxylation is 1. The number of ether oxygens (including phenoxy) is 1. The van der Waals surface area contributed by atoms with Gasteiger partial charge in [-0.15, -0.1) is 0 Å². The number of carbonyl (C=O) groups excluding carboxylic acids is 1. The van der Waals surface area contributed by atoms with E-state index in [9.17, 15) is 4.79 Å². The molecule has 0 radical (unpaired) electrons. The van der Waals surface area contributed by atoms with Crippen molar-refractivity contribution in [2.24, 2.45) is 7.05 Å². The molecular weight excluding hydrogens is 302 g/mol. The maximum Gasteiger partial charge on any atom is 0.249 e. The monoisotopic (exact) mass is 319 g/mol. The van der Waals surface area contributed by atoms with Gasteiger partial charge >= 0.3 is 0 Å². The smallest absolute Gasteiger partial charge is 0.249 e. The Labute approximate surface area is 134 Å². The van der Waals surface area contributed by atoms with Crippen molar-refractivity contribution in [1.29, 1.82) is 0 Å². The fraction of sp³-hybridized carbons (Fsp3) is 0.375. The van der Waals surface area contributed by atoms with Gasteiger partial charge in [0, 0.05) is 31.1 Å². The first-order valence-electron chi connectivity index (χ1n) is 7.30. The lowest BCUT2D eigenvalue weighted by Gasteiger charge is -2.21. The SMILES string of the molecule is Cn1ccnc1[C@H](NC(=O)[C@@H]1CCCO1)c1ccc(Cl)cc1. The van der Waals surface area contributed by atoms with Gasteiger partial charge in [0.15, 0.2) is 0 Å². The summed E-state index contributed by atoms with van der Waals surface area (Å²) in [6, 6.07) is 7.10. The summed E-state index contributed by atoms with van der Waals surface area (Å²) in [5.41, 5.74) is 0.935. The maximum atomic E-state index is 12.4. The summed E-state index contributed by atoms with van der Waals surface area (Å²) in [5.74, 6) is 0.675. The Bertz CT molecular complexity index is 648. The molecule has 1 aromatic heterocycles. The highest BCUT2D eigenvalue weighted by molar-refractivity contribution is 6.30. The molecule has 1 N–H and O–H groups in total. The second kappa shape index (κ2) is 6.50. The zero-order valence-corrected chi connectivity index (χ0v) is 13.1. The minimum atomic E-state index is -0.366. The maximum absolute atomic E-state index is 12.4. The summed E-state index contributed by atoms with van der Waals surface area (Å²) in [5, 5.41) is 3.71. The zero-order valence-electron chi connectivity index (χ0n) is 12.3. The predicted molar refractivity (Wildman–Crippen MR) is 83.6 cm³/mol. The molecule has 1 aromatic carbocycles. The van der Waals surface area contributed by atoms with Crippen LogP contribution in [0.3, 0.4) is 0 Å². The summed E-state index contributed by atoms with van der Waals surface area (Å²) in [4.78, 5) is 16.8. The third-order valence-corrected chi connectivity index (χ3v) is 4.08. The average molecular weight is 320 g/mol. The van der Waals surface area contributed by atoms with Crippen LogP contribution in [0.5, 0.6) is 0 Å². The van der Waals surface area contributed by atoms with Gasteiger partial charge in [0.1, 0.15) is 18.0 Å². The minimum Gasteiger partial charge on any atom is -0.368 e. The molecule has 0 unspecified atom stereocenters. The van der Waals surface area contributed by atoms with Gasteiger partial charge in [0.2, 0.25) is 5.91 Å². The molecule has 0 spiro atoms. The number of hydrogen-bond donors (Lipinski definition) is 1. The fourth-order valence-corrected chi connectivity index (χ4v) is 2.75. The molecule has 2 aromatic rings. The second-order valence-corrected chi connectivity index (χ2v) is 5.83. The van der Waals surface area contributed by atoms with E-state index in [0.717, 1.165) is 24.2 Å². The first-order chi connectivity index (χ1) is 10.6. The summed E-state index contributed by atoms with van der Waals surface area (Å²) in [7, 11) is 1.91. The topological polar surface area (TPSA) is 56.2 Å². The van der Waals surface area contributed by atoms with E-state index in [-0.39, 0.29) is 18.1 Å². The number of imidazole rings is 1. The molecule has 2 heterocycles. The van der Waals surface area contributed by atoms with Gasteiger partial charge in [0.25, 0.3) is 0 Å². The van der Waals surface area contributed by atoms with Gasteiger partial charge in [-0.3, -0.25) is 4.79 Å². The van der Waals surface area contributed by atoms with E-state index < -0.39 is 0 Å². The number of carbonyl (C=O) groups is 1. The largest absolute Gasteiger partial charge is 0.368 e. The van der Waals surface area contributed by atoms with Crippen molar-refractivity contribution >= 4 is 17.5 Å². The van der Waals surface area contributed by atoms with Crippen molar-refractivity contribution in [2.75, 3.05) is 6.61 Å². The summed E-state index contributed by atoms with van der Waals surface area (Å²) < 4.78 is 7.36. The van der Waals surface area contributed by atoms with Gasteiger partial charge in [0.05, 0.1) is 0 Å². The van der Waals surface area contributed by atoms with Crippen LogP contribution < -0.4 is 5.32 Å². The van der Waals surface area contributed by atoms with Gasteiger partial charge < -0.3 is 14.6 Å². The van der Waals surface area contributed by atoms with E-state index >= 15 is 0 Å². The average Bonchev–Trinajstić information content (AvgIpc) is 3.17. The van der Waals surface area contributed by atoms with Crippen molar-refractivity contribution in [3.63, 3.8) is 0 Å². The van der Waals surface area contributed by atoms with Crippen LogP contribution in [-0.2, 0) is 16.6 Å². The third kappa shape index (κ3) is 3.15. The van der Waals surface area contributed by atoms with Crippen LogP contribution in [0.15, 0.2) is 36.7 Å². The Kier molecular flexibility index (Phi) is 4.45. The molecule has 3 rings (SSSR count). The number of hydrogen-bond acceptors (Lipinski definition) is 3. The van der Waals surface area contributed by atoms with Crippen molar-refractivity contribution < 1.29 is 9.53 Å². The van der Waals surface area contributed by atoms with Crippen molar-refractivity contribution in [3.05, 3.63) is 53.1 Å². The highest BCUT2D eigenvalue weighted by Crippen LogP contribution is 2.23. The standard InChI is InChI=1S/C16H18ClN3O2/c1-20-9-8-18-15(20)14(11-4-6-12(17)7-5-11)19-16(21)13-3-2-10-22-13/h4-9,13-14H,2-3,10H2,1H3,(H,19,21)/t13-,14+/m0/s1. The molecule has 5 nitrogen and oxygen atoms in total. The first-order valence-corrected chi connectivity index (χ1v) is 7.67. The van der Waals surface area contributed by atoms with Gasteiger partial charge in [-0.25, -0.2) is 4.98 Å². The van der Waals surface area contributed by atoms with Crippen LogP contribution in [0.25, 0.3) is 0 Å². The first kappa shape index (κ1) is 15.1. The van der Waals surface area contributed by atoms with E-state index in [1.165, 1.54) is 0 Å². The van der Waals surface area contributed by atoms with Crippen LogP contribution in [-0.4, -0.2) is 28.2 Å². The lowest BCUT2D eigenvalue weighted by atomic mass is 10.1. The molecule has 116 valence electrons. The second-order valence-electron chi connectivity index (χ2n) is 5.39. The molecule has 6 heteroatoms. The molecule has 0 saturated carbocycles. The molecule has 0 aliphatic carbocycles. The van der Waals surface area contributed by atoms with E-state index in [1.807, 2.05) is 42.1 Å². The van der Waals surface area contributed by atoms with E-state index in [2.05, 4.69) is 10.3 Å². The zero-order chi connectivity index (χ0) is 15.5. The quantitative estimate of drug-likeness (QED) is 0.942. The highest BCUT2D eigenvalue weighted by atomic mass is 35.5. The van der Waals surface area contributed by atoms with E-state index in [4.69, 9.17) is 16.3 Å². The number of benzene rings is 1. The predicted octanol–water partition coefficient (Wildman–Crippen LogP) is 2.46. The van der Waals surface area contributed by atoms with Crippen LogP contribution in [0.1, 0.15) is 30.3 Å². The van der Waals surface area contributed by atoms with E-state index in [1.54, 1.807) is 6.20 Å². The Hall–Kier alpha value is -1.85. The molecule has 1 aliphatic rings. The highest BCUT2D eigenvalue weighted by Gasteiger charge is 2.28. The Morgan fingerprint density at radius 1 is 1.45 bits per heavy atom. The van der Waals surface area contributed by atoms with Crippen molar-refractivity contribution in [3.8, 4) is 0 Å². The number of nitrogens with zero attached hydrogens (tertiary/aromatic N) is 2. The van der Waals surface area contributed by atoms with Crippen molar-refractivity contribution in [1.82, 2.24) is 14.9 Å².